The van der Waals surface area contributed by atoms with E-state index in [4.69, 9.17) is 0 Å². The Hall–Kier alpha value is -3.45. The van der Waals surface area contributed by atoms with Crippen molar-refractivity contribution in [3.05, 3.63) is 83.6 Å². The van der Waals surface area contributed by atoms with Crippen molar-refractivity contribution >= 4 is 11.6 Å². The number of benzene rings is 1. The standard InChI is InChI=1S/C25H27N5O2/c1-17-19(15-18-7-9-20(10-8-18)30-13-4-11-27-30)16-21(24-26-12-14-29(17)24)25(32)28-22-5-2-3-6-23(22)31/h4,7-14,16,22-23,31H,2-3,5-6,15H2,1H3,(H,28,32)/t22-,23-/m0/s1. The first-order chi connectivity index (χ1) is 15.6. The molecule has 1 fully saturated rings. The molecule has 1 aliphatic rings. The molecule has 1 aliphatic carbocycles. The number of aryl methyl sites for hydroxylation is 1. The van der Waals surface area contributed by atoms with E-state index in [-0.39, 0.29) is 11.9 Å². The number of carbonyl (C=O) groups excluding carboxylic acids is 1. The van der Waals surface area contributed by atoms with Gasteiger partial charge < -0.3 is 14.8 Å². The van der Waals surface area contributed by atoms with E-state index < -0.39 is 6.10 Å². The number of carbonyl (C=O) groups is 1. The molecule has 5 rings (SSSR count). The minimum Gasteiger partial charge on any atom is -0.391 e. The third kappa shape index (κ3) is 3.91. The van der Waals surface area contributed by atoms with Crippen molar-refractivity contribution in [3.8, 4) is 5.69 Å². The Labute approximate surface area is 186 Å². The van der Waals surface area contributed by atoms with Crippen LogP contribution in [0, 0.1) is 6.92 Å². The summed E-state index contributed by atoms with van der Waals surface area (Å²) < 4.78 is 3.80. The van der Waals surface area contributed by atoms with Crippen LogP contribution in [-0.2, 0) is 6.42 Å². The topological polar surface area (TPSA) is 84.5 Å². The number of imidazole rings is 1. The monoisotopic (exact) mass is 429 g/mol. The molecule has 3 heterocycles. The summed E-state index contributed by atoms with van der Waals surface area (Å²) in [5.74, 6) is -0.178. The second kappa shape index (κ2) is 8.59. The van der Waals surface area contributed by atoms with Gasteiger partial charge in [-0.25, -0.2) is 9.67 Å². The van der Waals surface area contributed by atoms with Crippen LogP contribution in [0.4, 0.5) is 0 Å². The summed E-state index contributed by atoms with van der Waals surface area (Å²) in [6.45, 7) is 2.05. The Morgan fingerprint density at radius 1 is 1.16 bits per heavy atom. The molecular weight excluding hydrogens is 402 g/mol. The lowest BCUT2D eigenvalue weighted by Gasteiger charge is -2.28. The van der Waals surface area contributed by atoms with E-state index in [1.807, 2.05) is 45.7 Å². The number of hydrogen-bond acceptors (Lipinski definition) is 4. The summed E-state index contributed by atoms with van der Waals surface area (Å²) in [5, 5.41) is 17.6. The van der Waals surface area contributed by atoms with Crippen molar-refractivity contribution in [2.24, 2.45) is 0 Å². The summed E-state index contributed by atoms with van der Waals surface area (Å²) in [5.41, 5.74) is 5.47. The molecule has 3 aromatic heterocycles. The first-order valence-corrected chi connectivity index (χ1v) is 11.1. The molecule has 7 heteroatoms. The normalized spacial score (nSPS) is 18.7. The quantitative estimate of drug-likeness (QED) is 0.509. The van der Waals surface area contributed by atoms with Crippen LogP contribution in [0.15, 0.2) is 61.2 Å². The van der Waals surface area contributed by atoms with Crippen molar-refractivity contribution in [3.63, 3.8) is 0 Å². The second-order valence-corrected chi connectivity index (χ2v) is 8.52. The number of aromatic nitrogens is 4. The highest BCUT2D eigenvalue weighted by Gasteiger charge is 2.26. The van der Waals surface area contributed by atoms with Gasteiger partial charge in [-0.1, -0.05) is 25.0 Å². The third-order valence-electron chi connectivity index (χ3n) is 6.42. The largest absolute Gasteiger partial charge is 0.391 e. The van der Waals surface area contributed by atoms with Crippen molar-refractivity contribution in [1.29, 1.82) is 0 Å². The number of hydrogen-bond donors (Lipinski definition) is 2. The van der Waals surface area contributed by atoms with Crippen molar-refractivity contribution < 1.29 is 9.90 Å². The van der Waals surface area contributed by atoms with Crippen LogP contribution in [0.2, 0.25) is 0 Å². The summed E-state index contributed by atoms with van der Waals surface area (Å²) in [4.78, 5) is 17.6. The van der Waals surface area contributed by atoms with Gasteiger partial charge >= 0.3 is 0 Å². The van der Waals surface area contributed by atoms with E-state index in [9.17, 15) is 9.90 Å². The van der Waals surface area contributed by atoms with Crippen molar-refractivity contribution in [2.45, 2.75) is 51.2 Å². The van der Waals surface area contributed by atoms with Gasteiger partial charge in [-0.05, 0) is 61.6 Å². The maximum atomic E-state index is 13.2. The number of aliphatic hydroxyl groups is 1. The third-order valence-corrected chi connectivity index (χ3v) is 6.42. The van der Waals surface area contributed by atoms with Gasteiger partial charge in [0.15, 0.2) is 0 Å². The molecule has 0 unspecified atom stereocenters. The number of fused-ring (bicyclic) bond motifs is 1. The summed E-state index contributed by atoms with van der Waals surface area (Å²) in [6.07, 6.45) is 11.1. The van der Waals surface area contributed by atoms with E-state index in [1.165, 1.54) is 0 Å². The Balaban J connectivity index is 1.43. The van der Waals surface area contributed by atoms with Gasteiger partial charge in [0.2, 0.25) is 0 Å². The summed E-state index contributed by atoms with van der Waals surface area (Å²) in [7, 11) is 0. The molecule has 0 saturated heterocycles. The van der Waals surface area contributed by atoms with Gasteiger partial charge in [0.05, 0.1) is 23.4 Å². The fourth-order valence-electron chi connectivity index (χ4n) is 4.55. The van der Waals surface area contributed by atoms with Crippen LogP contribution in [0.3, 0.4) is 0 Å². The predicted octanol–water partition coefficient (Wildman–Crippen LogP) is 3.45. The molecule has 7 nitrogen and oxygen atoms in total. The van der Waals surface area contributed by atoms with Crippen LogP contribution in [-0.4, -0.2) is 42.3 Å². The zero-order valence-electron chi connectivity index (χ0n) is 18.1. The molecule has 2 atom stereocenters. The van der Waals surface area contributed by atoms with Gasteiger partial charge in [-0.3, -0.25) is 4.79 Å². The maximum Gasteiger partial charge on any atom is 0.255 e. The maximum absolute atomic E-state index is 13.2. The summed E-state index contributed by atoms with van der Waals surface area (Å²) in [6, 6.07) is 11.9. The fourth-order valence-corrected chi connectivity index (χ4v) is 4.55. The lowest BCUT2D eigenvalue weighted by atomic mass is 9.92. The van der Waals surface area contributed by atoms with Gasteiger partial charge in [0.1, 0.15) is 5.65 Å². The Morgan fingerprint density at radius 3 is 2.72 bits per heavy atom. The van der Waals surface area contributed by atoms with E-state index >= 15 is 0 Å². The number of nitrogens with one attached hydrogen (secondary N) is 1. The lowest BCUT2D eigenvalue weighted by Crippen LogP contribution is -2.45. The van der Waals surface area contributed by atoms with Crippen LogP contribution in [0.1, 0.15) is 52.9 Å². The molecule has 0 bridgehead atoms. The minimum absolute atomic E-state index is 0.178. The van der Waals surface area contributed by atoms with E-state index in [0.29, 0.717) is 17.6 Å². The lowest BCUT2D eigenvalue weighted by molar-refractivity contribution is 0.0718. The van der Waals surface area contributed by atoms with Crippen LogP contribution in [0.25, 0.3) is 11.3 Å². The number of rotatable bonds is 5. The molecule has 4 aromatic rings. The van der Waals surface area contributed by atoms with Gasteiger partial charge in [-0.15, -0.1) is 0 Å². The molecule has 32 heavy (non-hydrogen) atoms. The van der Waals surface area contributed by atoms with Gasteiger partial charge in [0.25, 0.3) is 5.91 Å². The molecule has 164 valence electrons. The molecule has 2 N–H and O–H groups in total. The number of aliphatic hydroxyl groups excluding tert-OH is 1. The number of pyridine rings is 1. The van der Waals surface area contributed by atoms with Crippen LogP contribution >= 0.6 is 0 Å². The van der Waals surface area contributed by atoms with Crippen LogP contribution in [0.5, 0.6) is 0 Å². The highest BCUT2D eigenvalue weighted by molar-refractivity contribution is 6.00. The summed E-state index contributed by atoms with van der Waals surface area (Å²) >= 11 is 0. The Kier molecular flexibility index (Phi) is 5.49. The van der Waals surface area contributed by atoms with Gasteiger partial charge in [0, 0.05) is 30.5 Å². The average Bonchev–Trinajstić information content (AvgIpc) is 3.50. The van der Waals surface area contributed by atoms with E-state index in [2.05, 4.69) is 34.5 Å². The smallest absolute Gasteiger partial charge is 0.255 e. The molecule has 0 radical (unpaired) electrons. The highest BCUT2D eigenvalue weighted by atomic mass is 16.3. The van der Waals surface area contributed by atoms with E-state index in [0.717, 1.165) is 48.2 Å². The molecule has 0 spiro atoms. The van der Waals surface area contributed by atoms with Crippen molar-refractivity contribution in [1.82, 2.24) is 24.5 Å². The Bertz CT molecular complexity index is 1230. The van der Waals surface area contributed by atoms with Crippen molar-refractivity contribution in [2.75, 3.05) is 0 Å². The zero-order valence-corrected chi connectivity index (χ0v) is 18.1. The first-order valence-electron chi connectivity index (χ1n) is 11.1. The van der Waals surface area contributed by atoms with Gasteiger partial charge in [-0.2, -0.15) is 5.10 Å². The Morgan fingerprint density at radius 2 is 1.97 bits per heavy atom. The molecule has 1 aromatic carbocycles. The first kappa shape index (κ1) is 20.5. The fraction of sp³-hybridized carbons (Fsp3) is 0.320. The van der Waals surface area contributed by atoms with Crippen LogP contribution < -0.4 is 5.32 Å². The predicted molar refractivity (Wildman–Crippen MR) is 122 cm³/mol. The highest BCUT2D eigenvalue weighted by Crippen LogP contribution is 2.23. The minimum atomic E-state index is -0.485. The molecule has 1 amide bonds. The number of amides is 1. The zero-order chi connectivity index (χ0) is 22.1. The molecular formula is C25H27N5O2. The van der Waals surface area contributed by atoms with E-state index in [1.54, 1.807) is 12.4 Å². The second-order valence-electron chi connectivity index (χ2n) is 8.52. The SMILES string of the molecule is Cc1c(Cc2ccc(-n3cccn3)cc2)cc(C(=O)N[C@H]2CCCC[C@@H]2O)c2nccn12. The molecule has 0 aliphatic heterocycles. The number of nitrogens with zero attached hydrogens (tertiary/aromatic N) is 4. The molecule has 1 saturated carbocycles. The average molecular weight is 430 g/mol.